The molecule has 0 N–H and O–H groups in total. The average Bonchev–Trinajstić information content (AvgIpc) is 3.51. The molecule has 0 bridgehead atoms. The average molecular weight is 590 g/mol. The molecule has 0 atom stereocenters. The zero-order valence-corrected chi connectivity index (χ0v) is 25.4. The van der Waals surface area contributed by atoms with Crippen LogP contribution in [0.15, 0.2) is 168 Å². The highest BCUT2D eigenvalue weighted by Gasteiger charge is 2.18. The standard InChI is InChI=1S/C44H31NO/c1-3-12-32(13-4-1)39-29-41-40-28-33(24-27-43(40)46-44(41)38-20-10-9-19-37(38)39)30-22-25-35(26-23-30)45(34-16-5-2-6-17-34)42-21-11-15-31-14-7-8-18-36(31)42/h2-3,5-29H,1,4H2. The fraction of sp³-hybridized carbons (Fsp3) is 0.0455. The Morgan fingerprint density at radius 2 is 1.22 bits per heavy atom. The van der Waals surface area contributed by atoms with Gasteiger partial charge in [-0.15, -0.1) is 0 Å². The lowest BCUT2D eigenvalue weighted by Gasteiger charge is -2.27. The molecule has 2 heteroatoms. The van der Waals surface area contributed by atoms with Crippen molar-refractivity contribution in [1.29, 1.82) is 0 Å². The number of furan rings is 1. The number of hydrogen-bond acceptors (Lipinski definition) is 2. The van der Waals surface area contributed by atoms with Crippen molar-refractivity contribution in [1.82, 2.24) is 0 Å². The molecule has 0 radical (unpaired) electrons. The molecule has 0 spiro atoms. The van der Waals surface area contributed by atoms with E-state index in [1.807, 2.05) is 0 Å². The Balaban J connectivity index is 1.16. The minimum atomic E-state index is 0.914. The van der Waals surface area contributed by atoms with Gasteiger partial charge in [0, 0.05) is 32.9 Å². The van der Waals surface area contributed by atoms with Gasteiger partial charge >= 0.3 is 0 Å². The molecule has 218 valence electrons. The Labute approximate surface area is 268 Å². The third kappa shape index (κ3) is 4.42. The minimum Gasteiger partial charge on any atom is -0.455 e. The number of fused-ring (bicyclic) bond motifs is 6. The first-order valence-electron chi connectivity index (χ1n) is 16.0. The van der Waals surface area contributed by atoms with E-state index in [9.17, 15) is 0 Å². The number of para-hydroxylation sites is 1. The summed E-state index contributed by atoms with van der Waals surface area (Å²) < 4.78 is 6.54. The van der Waals surface area contributed by atoms with Crippen molar-refractivity contribution in [2.24, 2.45) is 0 Å². The van der Waals surface area contributed by atoms with E-state index in [2.05, 4.69) is 169 Å². The van der Waals surface area contributed by atoms with E-state index < -0.39 is 0 Å². The largest absolute Gasteiger partial charge is 0.455 e. The molecule has 1 aliphatic carbocycles. The van der Waals surface area contributed by atoms with E-state index >= 15 is 0 Å². The van der Waals surface area contributed by atoms with Crippen molar-refractivity contribution < 1.29 is 4.42 Å². The smallest absolute Gasteiger partial charge is 0.143 e. The summed E-state index contributed by atoms with van der Waals surface area (Å²) in [6, 6.07) is 52.2. The van der Waals surface area contributed by atoms with Crippen molar-refractivity contribution in [3.63, 3.8) is 0 Å². The van der Waals surface area contributed by atoms with E-state index in [0.29, 0.717) is 0 Å². The monoisotopic (exact) mass is 589 g/mol. The van der Waals surface area contributed by atoms with Crippen LogP contribution in [-0.4, -0.2) is 0 Å². The summed E-state index contributed by atoms with van der Waals surface area (Å²) in [5.74, 6) is 0. The van der Waals surface area contributed by atoms with Gasteiger partial charge in [0.2, 0.25) is 0 Å². The van der Waals surface area contributed by atoms with Crippen LogP contribution in [0.25, 0.3) is 60.2 Å². The zero-order chi connectivity index (χ0) is 30.5. The van der Waals surface area contributed by atoms with Crippen LogP contribution >= 0.6 is 0 Å². The number of allylic oxidation sites excluding steroid dienone is 4. The van der Waals surface area contributed by atoms with Crippen LogP contribution in [-0.2, 0) is 0 Å². The van der Waals surface area contributed by atoms with Crippen LogP contribution in [0.5, 0.6) is 0 Å². The first-order chi connectivity index (χ1) is 22.8. The Hall–Kier alpha value is -5.86. The van der Waals surface area contributed by atoms with Gasteiger partial charge in [0.05, 0.1) is 5.69 Å². The molecular formula is C44H31NO. The number of hydrogen-bond donors (Lipinski definition) is 0. The number of anilines is 3. The Morgan fingerprint density at radius 3 is 2.04 bits per heavy atom. The molecule has 1 aromatic heterocycles. The molecule has 7 aromatic carbocycles. The van der Waals surface area contributed by atoms with Gasteiger partial charge in [0.1, 0.15) is 11.2 Å². The Morgan fingerprint density at radius 1 is 0.500 bits per heavy atom. The van der Waals surface area contributed by atoms with Gasteiger partial charge in [-0.1, -0.05) is 115 Å². The molecule has 46 heavy (non-hydrogen) atoms. The fourth-order valence-corrected chi connectivity index (χ4v) is 7.04. The Bertz CT molecular complexity index is 2460. The van der Waals surface area contributed by atoms with Crippen molar-refractivity contribution in [3.8, 4) is 11.1 Å². The summed E-state index contributed by atoms with van der Waals surface area (Å²) >= 11 is 0. The van der Waals surface area contributed by atoms with Gasteiger partial charge in [-0.25, -0.2) is 0 Å². The molecule has 1 aliphatic rings. The summed E-state index contributed by atoms with van der Waals surface area (Å²) in [4.78, 5) is 2.35. The van der Waals surface area contributed by atoms with Gasteiger partial charge < -0.3 is 9.32 Å². The highest BCUT2D eigenvalue weighted by atomic mass is 16.3. The molecule has 1 heterocycles. The lowest BCUT2D eigenvalue weighted by atomic mass is 9.92. The van der Waals surface area contributed by atoms with Crippen molar-refractivity contribution in [3.05, 3.63) is 169 Å². The SMILES string of the molecule is C1=CC(c2cc3c4cc(-c5ccc(N(c6ccccc6)c6cccc7ccccc67)cc5)ccc4oc3c3ccccc23)=CCC1. The summed E-state index contributed by atoms with van der Waals surface area (Å²) in [5.41, 5.74) is 10.2. The molecule has 9 rings (SSSR count). The van der Waals surface area contributed by atoms with Crippen molar-refractivity contribution >= 4 is 66.1 Å². The van der Waals surface area contributed by atoms with E-state index in [1.165, 1.54) is 38.4 Å². The maximum absolute atomic E-state index is 6.54. The normalized spacial score (nSPS) is 13.1. The summed E-state index contributed by atoms with van der Waals surface area (Å²) in [7, 11) is 0. The van der Waals surface area contributed by atoms with Gasteiger partial charge in [-0.05, 0) is 94.4 Å². The molecule has 2 nitrogen and oxygen atoms in total. The Kier molecular flexibility index (Phi) is 6.31. The summed E-state index contributed by atoms with van der Waals surface area (Å²) in [5, 5.41) is 7.15. The third-order valence-corrected chi connectivity index (χ3v) is 9.26. The van der Waals surface area contributed by atoms with E-state index in [1.54, 1.807) is 0 Å². The van der Waals surface area contributed by atoms with Crippen LogP contribution in [0.2, 0.25) is 0 Å². The molecular weight excluding hydrogens is 558 g/mol. The zero-order valence-electron chi connectivity index (χ0n) is 25.4. The predicted molar refractivity (Wildman–Crippen MR) is 195 cm³/mol. The summed E-state index contributed by atoms with van der Waals surface area (Å²) in [6.45, 7) is 0. The van der Waals surface area contributed by atoms with Crippen molar-refractivity contribution in [2.45, 2.75) is 12.8 Å². The van der Waals surface area contributed by atoms with E-state index in [0.717, 1.165) is 57.2 Å². The van der Waals surface area contributed by atoms with Crippen LogP contribution in [0.3, 0.4) is 0 Å². The maximum Gasteiger partial charge on any atom is 0.143 e. The highest BCUT2D eigenvalue weighted by molar-refractivity contribution is 6.18. The van der Waals surface area contributed by atoms with Crippen LogP contribution in [0.1, 0.15) is 18.4 Å². The third-order valence-electron chi connectivity index (χ3n) is 9.26. The molecule has 0 fully saturated rings. The minimum absolute atomic E-state index is 0.914. The first-order valence-corrected chi connectivity index (χ1v) is 16.0. The van der Waals surface area contributed by atoms with Gasteiger partial charge in [-0.3, -0.25) is 0 Å². The number of rotatable bonds is 5. The molecule has 0 saturated heterocycles. The maximum atomic E-state index is 6.54. The number of nitrogens with zero attached hydrogens (tertiary/aromatic N) is 1. The molecule has 0 saturated carbocycles. The van der Waals surface area contributed by atoms with Crippen molar-refractivity contribution in [2.75, 3.05) is 4.90 Å². The quantitative estimate of drug-likeness (QED) is 0.199. The fourth-order valence-electron chi connectivity index (χ4n) is 7.04. The van der Waals surface area contributed by atoms with Gasteiger partial charge in [0.15, 0.2) is 0 Å². The van der Waals surface area contributed by atoms with Crippen LogP contribution < -0.4 is 4.90 Å². The number of benzene rings is 7. The second-order valence-corrected chi connectivity index (χ2v) is 12.0. The highest BCUT2D eigenvalue weighted by Crippen LogP contribution is 2.42. The topological polar surface area (TPSA) is 16.4 Å². The van der Waals surface area contributed by atoms with Gasteiger partial charge in [-0.2, -0.15) is 0 Å². The van der Waals surface area contributed by atoms with Crippen LogP contribution in [0, 0.1) is 0 Å². The second kappa shape index (κ2) is 10.9. The lowest BCUT2D eigenvalue weighted by Crippen LogP contribution is -2.10. The van der Waals surface area contributed by atoms with Gasteiger partial charge in [0.25, 0.3) is 0 Å². The molecule has 0 amide bonds. The lowest BCUT2D eigenvalue weighted by molar-refractivity contribution is 0.672. The predicted octanol–water partition coefficient (Wildman–Crippen LogP) is 12.8. The van der Waals surface area contributed by atoms with E-state index in [4.69, 9.17) is 4.42 Å². The second-order valence-electron chi connectivity index (χ2n) is 12.0. The first kappa shape index (κ1) is 26.5. The van der Waals surface area contributed by atoms with Crippen LogP contribution in [0.4, 0.5) is 17.1 Å². The molecule has 0 unspecified atom stereocenters. The van der Waals surface area contributed by atoms with E-state index in [-0.39, 0.29) is 0 Å². The molecule has 8 aromatic rings. The summed E-state index contributed by atoms with van der Waals surface area (Å²) in [6.07, 6.45) is 9.09. The molecule has 0 aliphatic heterocycles.